The first kappa shape index (κ1) is 19.8. The fourth-order valence-electron chi connectivity index (χ4n) is 2.42. The highest BCUT2D eigenvalue weighted by molar-refractivity contribution is 8.01. The summed E-state index contributed by atoms with van der Waals surface area (Å²) >= 11 is 2.40. The van der Waals surface area contributed by atoms with Gasteiger partial charge in [0.2, 0.25) is 11.0 Å². The zero-order valence-electron chi connectivity index (χ0n) is 15.2. The summed E-state index contributed by atoms with van der Waals surface area (Å²) in [5, 5.41) is 23.4. The number of aromatic hydroxyl groups is 1. The van der Waals surface area contributed by atoms with Crippen molar-refractivity contribution < 1.29 is 14.7 Å². The number of phenols is 1. The standard InChI is InChI=1S/C19H18N4O3S2/c1-11-7-8-14(12(2)9-11)20-16(25)10-27-19-23-22-18(28-19)21-17(26)13-5-3-4-6-15(13)24/h3-9,24H,10H2,1-2H3,(H,20,25)(H,21,22,26). The molecule has 0 radical (unpaired) electrons. The highest BCUT2D eigenvalue weighted by Crippen LogP contribution is 2.27. The number of para-hydroxylation sites is 1. The van der Waals surface area contributed by atoms with E-state index in [4.69, 9.17) is 0 Å². The summed E-state index contributed by atoms with van der Waals surface area (Å²) in [5.74, 6) is -0.553. The molecular formula is C19H18N4O3S2. The average Bonchev–Trinajstić information content (AvgIpc) is 3.10. The molecule has 0 fully saturated rings. The van der Waals surface area contributed by atoms with Gasteiger partial charge in [-0.3, -0.25) is 14.9 Å². The maximum absolute atomic E-state index is 12.2. The molecule has 28 heavy (non-hydrogen) atoms. The topological polar surface area (TPSA) is 104 Å². The van der Waals surface area contributed by atoms with Gasteiger partial charge in [0, 0.05) is 5.69 Å². The SMILES string of the molecule is Cc1ccc(NC(=O)CSc2nnc(NC(=O)c3ccccc3O)s2)c(C)c1. The van der Waals surface area contributed by atoms with E-state index in [2.05, 4.69) is 20.8 Å². The van der Waals surface area contributed by atoms with E-state index in [1.54, 1.807) is 12.1 Å². The van der Waals surface area contributed by atoms with Gasteiger partial charge in [-0.1, -0.05) is 52.9 Å². The molecule has 0 unspecified atom stereocenters. The molecule has 2 aromatic carbocycles. The molecule has 0 saturated heterocycles. The molecule has 0 bridgehead atoms. The van der Waals surface area contributed by atoms with Crippen LogP contribution in [-0.4, -0.2) is 32.9 Å². The molecule has 0 spiro atoms. The van der Waals surface area contributed by atoms with Crippen LogP contribution in [0, 0.1) is 13.8 Å². The van der Waals surface area contributed by atoms with Crippen LogP contribution in [0.15, 0.2) is 46.8 Å². The number of aromatic nitrogens is 2. The van der Waals surface area contributed by atoms with Gasteiger partial charge in [0.05, 0.1) is 11.3 Å². The highest BCUT2D eigenvalue weighted by Gasteiger charge is 2.14. The van der Waals surface area contributed by atoms with E-state index in [1.807, 2.05) is 32.0 Å². The molecule has 7 nitrogen and oxygen atoms in total. The van der Waals surface area contributed by atoms with E-state index >= 15 is 0 Å². The lowest BCUT2D eigenvalue weighted by molar-refractivity contribution is -0.113. The Morgan fingerprint density at radius 3 is 2.64 bits per heavy atom. The summed E-state index contributed by atoms with van der Waals surface area (Å²) in [6, 6.07) is 12.1. The van der Waals surface area contributed by atoms with E-state index in [0.717, 1.165) is 28.2 Å². The van der Waals surface area contributed by atoms with E-state index in [-0.39, 0.29) is 23.0 Å². The van der Waals surface area contributed by atoms with Gasteiger partial charge in [-0.05, 0) is 37.6 Å². The van der Waals surface area contributed by atoms with Gasteiger partial charge in [-0.25, -0.2) is 0 Å². The van der Waals surface area contributed by atoms with E-state index < -0.39 is 5.91 Å². The molecule has 3 rings (SSSR count). The van der Waals surface area contributed by atoms with Crippen molar-refractivity contribution in [2.75, 3.05) is 16.4 Å². The molecular weight excluding hydrogens is 396 g/mol. The van der Waals surface area contributed by atoms with Crippen LogP contribution in [0.2, 0.25) is 0 Å². The number of carbonyl (C=O) groups excluding carboxylic acids is 2. The fourth-order valence-corrected chi connectivity index (χ4v) is 3.96. The third-order valence-corrected chi connectivity index (χ3v) is 5.73. The fraction of sp³-hybridized carbons (Fsp3) is 0.158. The Labute approximate surface area is 170 Å². The summed E-state index contributed by atoms with van der Waals surface area (Å²) in [6.07, 6.45) is 0. The summed E-state index contributed by atoms with van der Waals surface area (Å²) < 4.78 is 0.559. The predicted octanol–water partition coefficient (Wildman–Crippen LogP) is 3.84. The Morgan fingerprint density at radius 1 is 1.11 bits per heavy atom. The number of carbonyl (C=O) groups is 2. The van der Waals surface area contributed by atoms with Gasteiger partial charge in [0.25, 0.3) is 5.91 Å². The summed E-state index contributed by atoms with van der Waals surface area (Å²) in [6.45, 7) is 3.94. The largest absolute Gasteiger partial charge is 0.507 e. The molecule has 0 aliphatic heterocycles. The Morgan fingerprint density at radius 2 is 1.89 bits per heavy atom. The lowest BCUT2D eigenvalue weighted by Gasteiger charge is -2.08. The number of aryl methyl sites for hydroxylation is 2. The number of amides is 2. The number of phenolic OH excluding ortho intramolecular Hbond substituents is 1. The number of nitrogens with zero attached hydrogens (tertiary/aromatic N) is 2. The van der Waals surface area contributed by atoms with Gasteiger partial charge < -0.3 is 10.4 Å². The van der Waals surface area contributed by atoms with Crippen molar-refractivity contribution in [1.82, 2.24) is 10.2 Å². The van der Waals surface area contributed by atoms with Crippen LogP contribution in [0.25, 0.3) is 0 Å². The monoisotopic (exact) mass is 414 g/mol. The number of hydrogen-bond acceptors (Lipinski definition) is 7. The van der Waals surface area contributed by atoms with Crippen LogP contribution in [0.4, 0.5) is 10.8 Å². The van der Waals surface area contributed by atoms with Crippen molar-refractivity contribution in [3.8, 4) is 5.75 Å². The third-order valence-electron chi connectivity index (χ3n) is 3.76. The van der Waals surface area contributed by atoms with Crippen LogP contribution in [0.3, 0.4) is 0 Å². The van der Waals surface area contributed by atoms with Crippen molar-refractivity contribution >= 4 is 45.7 Å². The predicted molar refractivity (Wildman–Crippen MR) is 111 cm³/mol. The van der Waals surface area contributed by atoms with E-state index in [0.29, 0.717) is 9.47 Å². The van der Waals surface area contributed by atoms with Crippen molar-refractivity contribution in [3.05, 3.63) is 59.2 Å². The molecule has 1 aromatic heterocycles. The second kappa shape index (κ2) is 8.85. The summed E-state index contributed by atoms with van der Waals surface area (Å²) in [4.78, 5) is 24.3. The van der Waals surface area contributed by atoms with Gasteiger partial charge >= 0.3 is 0 Å². The first-order valence-electron chi connectivity index (χ1n) is 8.35. The second-order valence-corrected chi connectivity index (χ2v) is 8.20. The quantitative estimate of drug-likeness (QED) is 0.418. The molecule has 0 atom stereocenters. The van der Waals surface area contributed by atoms with Crippen LogP contribution >= 0.6 is 23.1 Å². The van der Waals surface area contributed by atoms with Crippen LogP contribution in [0.5, 0.6) is 5.75 Å². The first-order valence-corrected chi connectivity index (χ1v) is 10.2. The Bertz CT molecular complexity index is 1020. The van der Waals surface area contributed by atoms with E-state index in [9.17, 15) is 14.7 Å². The summed E-state index contributed by atoms with van der Waals surface area (Å²) in [7, 11) is 0. The lowest BCUT2D eigenvalue weighted by Crippen LogP contribution is -2.14. The molecule has 2 amide bonds. The Hall–Kier alpha value is -2.91. The van der Waals surface area contributed by atoms with Gasteiger partial charge in [0.15, 0.2) is 4.34 Å². The number of nitrogens with one attached hydrogen (secondary N) is 2. The van der Waals surface area contributed by atoms with Gasteiger partial charge in [-0.2, -0.15) is 0 Å². The summed E-state index contributed by atoms with van der Waals surface area (Å²) in [5.41, 5.74) is 3.07. The highest BCUT2D eigenvalue weighted by atomic mass is 32.2. The number of hydrogen-bond donors (Lipinski definition) is 3. The maximum Gasteiger partial charge on any atom is 0.261 e. The van der Waals surface area contributed by atoms with Crippen molar-refractivity contribution in [2.24, 2.45) is 0 Å². The smallest absolute Gasteiger partial charge is 0.261 e. The van der Waals surface area contributed by atoms with E-state index in [1.165, 1.54) is 23.9 Å². The normalized spacial score (nSPS) is 10.5. The minimum Gasteiger partial charge on any atom is -0.507 e. The zero-order valence-corrected chi connectivity index (χ0v) is 16.9. The molecule has 0 aliphatic carbocycles. The van der Waals surface area contributed by atoms with Crippen molar-refractivity contribution in [1.29, 1.82) is 0 Å². The zero-order chi connectivity index (χ0) is 20.1. The minimum absolute atomic E-state index is 0.109. The van der Waals surface area contributed by atoms with Crippen LogP contribution in [-0.2, 0) is 4.79 Å². The van der Waals surface area contributed by atoms with Gasteiger partial charge in [0.1, 0.15) is 5.75 Å². The molecule has 1 heterocycles. The molecule has 3 aromatic rings. The van der Waals surface area contributed by atoms with Crippen molar-refractivity contribution in [3.63, 3.8) is 0 Å². The number of rotatable bonds is 6. The maximum atomic E-state index is 12.2. The number of thioether (sulfide) groups is 1. The van der Waals surface area contributed by atoms with Crippen LogP contribution in [0.1, 0.15) is 21.5 Å². The molecule has 0 aliphatic rings. The molecule has 3 N–H and O–H groups in total. The molecule has 9 heteroatoms. The molecule has 0 saturated carbocycles. The lowest BCUT2D eigenvalue weighted by atomic mass is 10.1. The Balaban J connectivity index is 1.54. The third kappa shape index (κ3) is 5.08. The van der Waals surface area contributed by atoms with Crippen molar-refractivity contribution in [2.45, 2.75) is 18.2 Å². The average molecular weight is 415 g/mol. The Kier molecular flexibility index (Phi) is 6.27. The van der Waals surface area contributed by atoms with Gasteiger partial charge in [-0.15, -0.1) is 10.2 Å². The second-order valence-electron chi connectivity index (χ2n) is 6.00. The van der Waals surface area contributed by atoms with Crippen LogP contribution < -0.4 is 10.6 Å². The minimum atomic E-state index is -0.474. The molecule has 144 valence electrons. The first-order chi connectivity index (χ1) is 13.4. The number of benzene rings is 2. The number of anilines is 2.